The van der Waals surface area contributed by atoms with Gasteiger partial charge in [0, 0.05) is 37.2 Å². The number of carbonyl (C=O) groups is 2. The van der Waals surface area contributed by atoms with E-state index >= 15 is 0 Å². The molecule has 2 saturated carbocycles. The fraction of sp³-hybridized carbons (Fsp3) is 0.562. The Labute approximate surface area is 331 Å². The monoisotopic (exact) mass is 756 g/mol. The Hall–Kier alpha value is -3.74. The molecule has 3 fully saturated rings. The molecule has 3 aliphatic rings. The number of unbranched alkanes of at least 4 members (excludes halogenated alkanes) is 2. The molecule has 0 spiro atoms. The van der Waals surface area contributed by atoms with Crippen LogP contribution >= 0.6 is 0 Å². The van der Waals surface area contributed by atoms with Crippen molar-refractivity contribution < 1.29 is 34.0 Å². The molecule has 3 rings (SSSR count). The number of ether oxygens (including phenoxy) is 3. The molecule has 0 aromatic rings. The van der Waals surface area contributed by atoms with Crippen molar-refractivity contribution in [3.05, 3.63) is 113 Å². The Bertz CT molecular complexity index is 1680. The Morgan fingerprint density at radius 1 is 0.818 bits per heavy atom. The van der Waals surface area contributed by atoms with Gasteiger partial charge in [-0.05, 0) is 82.6 Å². The maximum Gasteiger partial charge on any atom is 0.306 e. The Balaban J connectivity index is 1.64. The predicted octanol–water partition coefficient (Wildman–Crippen LogP) is 10.4. The number of epoxide rings is 1. The van der Waals surface area contributed by atoms with Gasteiger partial charge in [0.15, 0.2) is 0 Å². The third-order valence-electron chi connectivity index (χ3n) is 11.0. The summed E-state index contributed by atoms with van der Waals surface area (Å²) in [5.41, 5.74) is 5.62. The van der Waals surface area contributed by atoms with Gasteiger partial charge in [-0.1, -0.05) is 125 Å². The molecule has 0 aromatic heterocycles. The number of esters is 2. The summed E-state index contributed by atoms with van der Waals surface area (Å²) in [5.74, 6) is -0.513. The quantitative estimate of drug-likeness (QED) is 0.0531. The maximum atomic E-state index is 12.4. The molecule has 1 saturated heterocycles. The highest BCUT2D eigenvalue weighted by Crippen LogP contribution is 2.66. The van der Waals surface area contributed by atoms with E-state index in [2.05, 4.69) is 53.3 Å². The Morgan fingerprint density at radius 3 is 2.02 bits per heavy atom. The van der Waals surface area contributed by atoms with E-state index in [1.807, 2.05) is 93.7 Å². The fourth-order valence-electron chi connectivity index (χ4n) is 8.33. The summed E-state index contributed by atoms with van der Waals surface area (Å²) < 4.78 is 17.4. The van der Waals surface area contributed by atoms with Crippen LogP contribution in [0.3, 0.4) is 0 Å². The van der Waals surface area contributed by atoms with Crippen molar-refractivity contribution in [1.82, 2.24) is 0 Å². The number of rotatable bonds is 16. The van der Waals surface area contributed by atoms with Gasteiger partial charge < -0.3 is 24.4 Å². The largest absolute Gasteiger partial charge is 0.462 e. The predicted molar refractivity (Wildman–Crippen MR) is 223 cm³/mol. The second kappa shape index (κ2) is 19.4. The highest BCUT2D eigenvalue weighted by molar-refractivity contribution is 5.69. The van der Waals surface area contributed by atoms with Crippen molar-refractivity contribution in [2.75, 3.05) is 6.61 Å². The van der Waals surface area contributed by atoms with Gasteiger partial charge in [0.05, 0.1) is 11.7 Å². The van der Waals surface area contributed by atoms with Gasteiger partial charge in [0.1, 0.15) is 23.9 Å². The van der Waals surface area contributed by atoms with Crippen LogP contribution in [0.4, 0.5) is 0 Å². The van der Waals surface area contributed by atoms with Gasteiger partial charge >= 0.3 is 11.9 Å². The molecule has 1 heterocycles. The zero-order valence-electron chi connectivity index (χ0n) is 35.5. The number of aliphatic hydroxyl groups is 2. The highest BCUT2D eigenvalue weighted by Gasteiger charge is 2.74. The first kappa shape index (κ1) is 45.6. The lowest BCUT2D eigenvalue weighted by molar-refractivity contribution is -0.152. The van der Waals surface area contributed by atoms with Crippen LogP contribution in [0.15, 0.2) is 113 Å². The summed E-state index contributed by atoms with van der Waals surface area (Å²) in [6.07, 6.45) is 31.0. The molecule has 55 heavy (non-hydrogen) atoms. The SMILES string of the molecule is CCCCCC(=O)OCC(=C\C=C\C(C)=C\C=C\C=C(C)\C=C\C=C(/C)C=C=C1C(C)(C)C[C@H](OC(C)=O)C[C@@]1(C)O)/C=C/[C@@]12O[C@]1(C)C[C@@H](O)CC2(C)C. The molecule has 2 aliphatic carbocycles. The number of aliphatic hydroxyl groups excluding tert-OH is 1. The van der Waals surface area contributed by atoms with Crippen LogP contribution in [-0.2, 0) is 23.8 Å². The molecule has 0 radical (unpaired) electrons. The standard InChI is InChI=1S/C48H68O7/c1-12-13-14-25-43(51)53-34-39(28-29-48-45(8,9)30-40(50)31-47(48,11)55-48)24-18-23-36(3)20-16-15-19-35(2)21-17-22-37(4)26-27-42-44(6,7)32-41(54-38(5)49)33-46(42,10)52/h15-24,26,28-29,40-41,50,52H,12-14,25,30-34H2,1-11H3/b16-15+,21-17+,23-18+,29-28+,35-19+,36-20+,37-22+,39-24-/t27?,40-,41-,46+,47+,48-/m0/s1. The van der Waals surface area contributed by atoms with Crippen molar-refractivity contribution in [2.45, 2.75) is 157 Å². The molecule has 302 valence electrons. The van der Waals surface area contributed by atoms with Crippen LogP contribution in [0, 0.1) is 10.8 Å². The first-order valence-corrected chi connectivity index (χ1v) is 20.0. The molecule has 0 bridgehead atoms. The van der Waals surface area contributed by atoms with Crippen LogP contribution < -0.4 is 0 Å². The van der Waals surface area contributed by atoms with Gasteiger partial charge in [-0.3, -0.25) is 9.59 Å². The molecule has 5 atom stereocenters. The maximum absolute atomic E-state index is 12.4. The lowest BCUT2D eigenvalue weighted by Gasteiger charge is -2.44. The molecule has 2 N–H and O–H groups in total. The van der Waals surface area contributed by atoms with Crippen LogP contribution in [0.1, 0.15) is 128 Å². The van der Waals surface area contributed by atoms with Crippen LogP contribution in [-0.4, -0.2) is 57.8 Å². The smallest absolute Gasteiger partial charge is 0.306 e. The summed E-state index contributed by atoms with van der Waals surface area (Å²) in [4.78, 5) is 23.9. The molecular weight excluding hydrogens is 689 g/mol. The number of hydrogen-bond donors (Lipinski definition) is 2. The minimum atomic E-state index is -1.11. The van der Waals surface area contributed by atoms with Gasteiger partial charge in [0.25, 0.3) is 0 Å². The molecule has 0 amide bonds. The third-order valence-corrected chi connectivity index (χ3v) is 11.0. The van der Waals surface area contributed by atoms with E-state index in [0.717, 1.165) is 47.1 Å². The van der Waals surface area contributed by atoms with Crippen LogP contribution in [0.5, 0.6) is 0 Å². The van der Waals surface area contributed by atoms with E-state index in [-0.39, 0.29) is 41.6 Å². The molecule has 7 heteroatoms. The van der Waals surface area contributed by atoms with Crippen molar-refractivity contribution in [3.8, 4) is 0 Å². The zero-order valence-corrected chi connectivity index (χ0v) is 35.5. The van der Waals surface area contributed by atoms with Crippen LogP contribution in [0.2, 0.25) is 0 Å². The van der Waals surface area contributed by atoms with Gasteiger partial charge in [-0.25, -0.2) is 0 Å². The Morgan fingerprint density at radius 2 is 1.44 bits per heavy atom. The average Bonchev–Trinajstić information content (AvgIpc) is 3.68. The summed E-state index contributed by atoms with van der Waals surface area (Å²) in [7, 11) is 0. The first-order chi connectivity index (χ1) is 25.6. The average molecular weight is 757 g/mol. The molecular formula is C48H68O7. The topological polar surface area (TPSA) is 106 Å². The van der Waals surface area contributed by atoms with Gasteiger partial charge in [-0.2, -0.15) is 0 Å². The lowest BCUT2D eigenvalue weighted by Crippen LogP contribution is -2.46. The summed E-state index contributed by atoms with van der Waals surface area (Å²) in [6.45, 7) is 22.0. The number of carbonyl (C=O) groups excluding carboxylic acids is 2. The van der Waals surface area contributed by atoms with E-state index < -0.39 is 16.8 Å². The molecule has 1 aliphatic heterocycles. The third kappa shape index (κ3) is 13.2. The number of fused-ring (bicyclic) bond motifs is 1. The normalized spacial score (nSPS) is 29.9. The summed E-state index contributed by atoms with van der Waals surface area (Å²) >= 11 is 0. The lowest BCUT2D eigenvalue weighted by atomic mass is 9.63. The van der Waals surface area contributed by atoms with E-state index in [9.17, 15) is 19.8 Å². The Kier molecular flexibility index (Phi) is 16.1. The number of allylic oxidation sites excluding steroid dienone is 13. The molecule has 0 aromatic carbocycles. The summed E-state index contributed by atoms with van der Waals surface area (Å²) in [5, 5.41) is 21.6. The molecule has 7 nitrogen and oxygen atoms in total. The summed E-state index contributed by atoms with van der Waals surface area (Å²) in [6, 6.07) is 0. The second-order valence-corrected chi connectivity index (χ2v) is 17.5. The van der Waals surface area contributed by atoms with Crippen molar-refractivity contribution in [2.24, 2.45) is 10.8 Å². The minimum Gasteiger partial charge on any atom is -0.462 e. The minimum absolute atomic E-state index is 0.185. The zero-order chi connectivity index (χ0) is 41.1. The van der Waals surface area contributed by atoms with Crippen molar-refractivity contribution in [1.29, 1.82) is 0 Å². The fourth-order valence-corrected chi connectivity index (χ4v) is 8.33. The van der Waals surface area contributed by atoms with Crippen molar-refractivity contribution in [3.63, 3.8) is 0 Å². The van der Waals surface area contributed by atoms with Crippen molar-refractivity contribution >= 4 is 11.9 Å². The van der Waals surface area contributed by atoms with E-state index in [0.29, 0.717) is 32.1 Å². The van der Waals surface area contributed by atoms with Gasteiger partial charge in [-0.15, -0.1) is 5.73 Å². The second-order valence-electron chi connectivity index (χ2n) is 17.5. The van der Waals surface area contributed by atoms with E-state index in [1.54, 1.807) is 6.92 Å². The molecule has 0 unspecified atom stereocenters. The van der Waals surface area contributed by atoms with E-state index in [1.165, 1.54) is 6.92 Å². The van der Waals surface area contributed by atoms with Gasteiger partial charge in [0.2, 0.25) is 0 Å². The highest BCUT2D eigenvalue weighted by atomic mass is 16.6. The number of hydrogen-bond acceptors (Lipinski definition) is 7. The van der Waals surface area contributed by atoms with E-state index in [4.69, 9.17) is 14.2 Å². The van der Waals surface area contributed by atoms with Crippen LogP contribution in [0.25, 0.3) is 0 Å². The first-order valence-electron chi connectivity index (χ1n) is 20.0.